The summed E-state index contributed by atoms with van der Waals surface area (Å²) in [5, 5.41) is 9.34. The van der Waals surface area contributed by atoms with Crippen molar-refractivity contribution in [1.82, 2.24) is 9.88 Å². The highest BCUT2D eigenvalue weighted by molar-refractivity contribution is 9.10. The van der Waals surface area contributed by atoms with Crippen LogP contribution in [0.3, 0.4) is 0 Å². The fourth-order valence-corrected chi connectivity index (χ4v) is 2.31. The molecule has 0 saturated carbocycles. The molecule has 1 aromatic heterocycles. The van der Waals surface area contributed by atoms with E-state index in [2.05, 4.69) is 20.9 Å². The fourth-order valence-electron chi connectivity index (χ4n) is 1.92. The molecular formula is C11H13BrN2O3. The van der Waals surface area contributed by atoms with Gasteiger partial charge in [-0.3, -0.25) is 14.7 Å². The van der Waals surface area contributed by atoms with Crippen molar-refractivity contribution in [2.75, 3.05) is 26.3 Å². The fraction of sp³-hybridized carbons (Fsp3) is 0.455. The van der Waals surface area contributed by atoms with E-state index in [4.69, 9.17) is 4.74 Å². The first-order valence-corrected chi connectivity index (χ1v) is 6.13. The van der Waals surface area contributed by atoms with Crippen LogP contribution >= 0.6 is 15.9 Å². The first-order chi connectivity index (χ1) is 8.18. The van der Waals surface area contributed by atoms with E-state index in [0.717, 1.165) is 4.47 Å². The van der Waals surface area contributed by atoms with Crippen molar-refractivity contribution >= 4 is 21.9 Å². The number of pyridine rings is 1. The summed E-state index contributed by atoms with van der Waals surface area (Å²) in [6, 6.07) is 1.14. The van der Waals surface area contributed by atoms with Crippen molar-refractivity contribution in [3.05, 3.63) is 28.5 Å². The maximum Gasteiger partial charge on any atom is 0.325 e. The summed E-state index contributed by atoms with van der Waals surface area (Å²) in [7, 11) is 0. The Balaban J connectivity index is 2.25. The molecule has 1 atom stereocenters. The third kappa shape index (κ3) is 3.02. The molecule has 92 valence electrons. The highest BCUT2D eigenvalue weighted by Crippen LogP contribution is 2.23. The highest BCUT2D eigenvalue weighted by atomic mass is 79.9. The molecule has 1 aromatic rings. The summed E-state index contributed by atoms with van der Waals surface area (Å²) in [5.41, 5.74) is 0.689. The molecule has 0 aliphatic carbocycles. The van der Waals surface area contributed by atoms with E-state index in [1.54, 1.807) is 18.5 Å². The van der Waals surface area contributed by atoms with Crippen LogP contribution in [0.15, 0.2) is 22.9 Å². The molecule has 1 fully saturated rings. The first-order valence-electron chi connectivity index (χ1n) is 5.33. The molecule has 6 heteroatoms. The minimum Gasteiger partial charge on any atom is -0.480 e. The SMILES string of the molecule is O=C(O)C(c1cncc(Br)c1)N1CCOCC1. The summed E-state index contributed by atoms with van der Waals surface area (Å²) >= 11 is 3.30. The Bertz CT molecular complexity index is 407. The molecule has 5 nitrogen and oxygen atoms in total. The second-order valence-electron chi connectivity index (χ2n) is 3.83. The zero-order valence-corrected chi connectivity index (χ0v) is 10.8. The zero-order valence-electron chi connectivity index (χ0n) is 9.17. The number of aromatic nitrogens is 1. The molecule has 1 N–H and O–H groups in total. The average molecular weight is 301 g/mol. The van der Waals surface area contributed by atoms with Crippen LogP contribution in [0, 0.1) is 0 Å². The van der Waals surface area contributed by atoms with Crippen molar-refractivity contribution in [2.24, 2.45) is 0 Å². The monoisotopic (exact) mass is 300 g/mol. The lowest BCUT2D eigenvalue weighted by Crippen LogP contribution is -2.42. The molecule has 1 aliphatic rings. The number of hydrogen-bond acceptors (Lipinski definition) is 4. The van der Waals surface area contributed by atoms with Gasteiger partial charge in [0.05, 0.1) is 13.2 Å². The maximum atomic E-state index is 11.4. The summed E-state index contributed by atoms with van der Waals surface area (Å²) in [4.78, 5) is 17.3. The van der Waals surface area contributed by atoms with Gasteiger partial charge in [-0.05, 0) is 27.6 Å². The van der Waals surface area contributed by atoms with E-state index in [1.807, 2.05) is 4.90 Å². The van der Waals surface area contributed by atoms with Crippen LogP contribution in [0.5, 0.6) is 0 Å². The van der Waals surface area contributed by atoms with Gasteiger partial charge in [-0.2, -0.15) is 0 Å². The summed E-state index contributed by atoms with van der Waals surface area (Å²) in [6.07, 6.45) is 3.24. The van der Waals surface area contributed by atoms with E-state index in [-0.39, 0.29) is 0 Å². The average Bonchev–Trinajstić information content (AvgIpc) is 2.30. The van der Waals surface area contributed by atoms with Gasteiger partial charge in [0.2, 0.25) is 0 Å². The molecule has 1 aliphatic heterocycles. The highest BCUT2D eigenvalue weighted by Gasteiger charge is 2.29. The van der Waals surface area contributed by atoms with Crippen molar-refractivity contribution in [3.8, 4) is 0 Å². The summed E-state index contributed by atoms with van der Waals surface area (Å²) < 4.78 is 6.02. The lowest BCUT2D eigenvalue weighted by molar-refractivity contribution is -0.145. The van der Waals surface area contributed by atoms with Crippen LogP contribution in [0.4, 0.5) is 0 Å². The Labute approximate surface area is 108 Å². The summed E-state index contributed by atoms with van der Waals surface area (Å²) in [6.45, 7) is 2.41. The number of ether oxygens (including phenoxy) is 1. The van der Waals surface area contributed by atoms with Gasteiger partial charge in [0.25, 0.3) is 0 Å². The van der Waals surface area contributed by atoms with E-state index >= 15 is 0 Å². The Morgan fingerprint density at radius 1 is 1.47 bits per heavy atom. The van der Waals surface area contributed by atoms with Crippen LogP contribution in [-0.4, -0.2) is 47.3 Å². The Hall–Kier alpha value is -0.980. The molecule has 1 unspecified atom stereocenters. The van der Waals surface area contributed by atoms with Crippen LogP contribution in [0.25, 0.3) is 0 Å². The second-order valence-corrected chi connectivity index (χ2v) is 4.74. The normalized spacial score (nSPS) is 18.9. The second kappa shape index (κ2) is 5.57. The van der Waals surface area contributed by atoms with Gasteiger partial charge in [0.1, 0.15) is 6.04 Å². The maximum absolute atomic E-state index is 11.4. The van der Waals surface area contributed by atoms with Gasteiger partial charge in [-0.25, -0.2) is 0 Å². The molecule has 0 aromatic carbocycles. The Morgan fingerprint density at radius 2 is 2.18 bits per heavy atom. The van der Waals surface area contributed by atoms with E-state index in [0.29, 0.717) is 31.9 Å². The number of carbonyl (C=O) groups is 1. The molecule has 0 amide bonds. The smallest absolute Gasteiger partial charge is 0.325 e. The van der Waals surface area contributed by atoms with Gasteiger partial charge in [-0.15, -0.1) is 0 Å². The molecule has 2 rings (SSSR count). The largest absolute Gasteiger partial charge is 0.480 e. The number of rotatable bonds is 3. The topological polar surface area (TPSA) is 62.7 Å². The molecule has 0 radical (unpaired) electrons. The quantitative estimate of drug-likeness (QED) is 0.912. The van der Waals surface area contributed by atoms with E-state index in [1.165, 1.54) is 0 Å². The Morgan fingerprint density at radius 3 is 2.76 bits per heavy atom. The van der Waals surface area contributed by atoms with Crippen molar-refractivity contribution in [1.29, 1.82) is 0 Å². The van der Waals surface area contributed by atoms with Crippen molar-refractivity contribution in [3.63, 3.8) is 0 Å². The predicted octanol–water partition coefficient (Wildman–Crippen LogP) is 1.30. The lowest BCUT2D eigenvalue weighted by atomic mass is 10.1. The van der Waals surface area contributed by atoms with Crippen molar-refractivity contribution < 1.29 is 14.6 Å². The van der Waals surface area contributed by atoms with Crippen LogP contribution in [0.2, 0.25) is 0 Å². The molecule has 17 heavy (non-hydrogen) atoms. The summed E-state index contributed by atoms with van der Waals surface area (Å²) in [5.74, 6) is -0.855. The number of morpholine rings is 1. The molecular weight excluding hydrogens is 288 g/mol. The number of aliphatic carboxylic acids is 1. The van der Waals surface area contributed by atoms with Crippen LogP contribution < -0.4 is 0 Å². The molecule has 0 bridgehead atoms. The first kappa shape index (κ1) is 12.5. The zero-order chi connectivity index (χ0) is 12.3. The lowest BCUT2D eigenvalue weighted by Gasteiger charge is -2.31. The minimum absolute atomic E-state index is 0.575. The van der Waals surface area contributed by atoms with Crippen molar-refractivity contribution in [2.45, 2.75) is 6.04 Å². The predicted molar refractivity (Wildman–Crippen MR) is 64.7 cm³/mol. The number of carboxylic acids is 1. The van der Waals surface area contributed by atoms with Crippen LogP contribution in [-0.2, 0) is 9.53 Å². The number of hydrogen-bond donors (Lipinski definition) is 1. The van der Waals surface area contributed by atoms with Gasteiger partial charge in [-0.1, -0.05) is 0 Å². The number of carboxylic acid groups (broad SMARTS) is 1. The standard InChI is InChI=1S/C11H13BrN2O3/c12-9-5-8(6-13-7-9)10(11(15)16)14-1-3-17-4-2-14/h5-7,10H,1-4H2,(H,15,16). The van der Waals surface area contributed by atoms with Gasteiger partial charge in [0.15, 0.2) is 0 Å². The van der Waals surface area contributed by atoms with Gasteiger partial charge < -0.3 is 9.84 Å². The molecule has 2 heterocycles. The molecule has 1 saturated heterocycles. The third-order valence-electron chi connectivity index (χ3n) is 2.69. The molecule has 0 spiro atoms. The minimum atomic E-state index is -0.855. The van der Waals surface area contributed by atoms with Gasteiger partial charge in [0, 0.05) is 30.0 Å². The number of nitrogens with zero attached hydrogens (tertiary/aromatic N) is 2. The van der Waals surface area contributed by atoms with E-state index < -0.39 is 12.0 Å². The van der Waals surface area contributed by atoms with Gasteiger partial charge >= 0.3 is 5.97 Å². The van der Waals surface area contributed by atoms with Crippen LogP contribution in [0.1, 0.15) is 11.6 Å². The van der Waals surface area contributed by atoms with E-state index in [9.17, 15) is 9.90 Å². The Kier molecular flexibility index (Phi) is 4.09. The third-order valence-corrected chi connectivity index (χ3v) is 3.12. The number of halogens is 1.